The molecule has 0 spiro atoms. The maximum atomic E-state index is 12.8. The van der Waals surface area contributed by atoms with E-state index in [0.717, 1.165) is 17.0 Å². The fourth-order valence-corrected chi connectivity index (χ4v) is 2.94. The van der Waals surface area contributed by atoms with Crippen molar-refractivity contribution in [2.24, 2.45) is 0 Å². The van der Waals surface area contributed by atoms with Gasteiger partial charge in [-0.15, -0.1) is 10.2 Å². The van der Waals surface area contributed by atoms with Gasteiger partial charge < -0.3 is 5.32 Å². The average molecular weight is 358 g/mol. The van der Waals surface area contributed by atoms with Crippen molar-refractivity contribution in [1.29, 1.82) is 0 Å². The van der Waals surface area contributed by atoms with Crippen LogP contribution in [0, 0.1) is 6.92 Å². The van der Waals surface area contributed by atoms with Gasteiger partial charge >= 0.3 is 0 Å². The lowest BCUT2D eigenvalue weighted by atomic mass is 10.1. The topological polar surface area (TPSA) is 85.6 Å². The molecule has 0 fully saturated rings. The second-order valence-corrected chi connectivity index (χ2v) is 6.13. The lowest BCUT2D eigenvalue weighted by Crippen LogP contribution is -2.14. The number of nitrogens with one attached hydrogen (secondary N) is 1. The Morgan fingerprint density at radius 1 is 1.11 bits per heavy atom. The SMILES string of the molecule is CCn1ncc2c(C(=O)Nc3ccc(-c4ccccc4)nn3)cc(C)nc21. The number of benzene rings is 1. The van der Waals surface area contributed by atoms with E-state index in [1.807, 2.05) is 50.2 Å². The third-order valence-corrected chi connectivity index (χ3v) is 4.26. The number of fused-ring (bicyclic) bond motifs is 1. The van der Waals surface area contributed by atoms with Crippen molar-refractivity contribution in [3.05, 3.63) is 66.0 Å². The van der Waals surface area contributed by atoms with Crippen LogP contribution >= 0.6 is 0 Å². The van der Waals surface area contributed by atoms with Gasteiger partial charge in [0.1, 0.15) is 0 Å². The summed E-state index contributed by atoms with van der Waals surface area (Å²) in [6, 6.07) is 15.1. The number of hydrogen-bond donors (Lipinski definition) is 1. The fraction of sp³-hybridized carbons (Fsp3) is 0.150. The fourth-order valence-electron chi connectivity index (χ4n) is 2.94. The van der Waals surface area contributed by atoms with Crippen molar-refractivity contribution in [2.45, 2.75) is 20.4 Å². The van der Waals surface area contributed by atoms with E-state index in [1.165, 1.54) is 0 Å². The van der Waals surface area contributed by atoms with E-state index in [0.29, 0.717) is 29.0 Å². The minimum atomic E-state index is -0.261. The highest BCUT2D eigenvalue weighted by molar-refractivity contribution is 6.11. The summed E-state index contributed by atoms with van der Waals surface area (Å²) in [6.45, 7) is 4.53. The number of carbonyl (C=O) groups excluding carboxylic acids is 1. The van der Waals surface area contributed by atoms with Gasteiger partial charge in [0.05, 0.1) is 22.8 Å². The highest BCUT2D eigenvalue weighted by atomic mass is 16.1. The molecule has 7 nitrogen and oxygen atoms in total. The van der Waals surface area contributed by atoms with Gasteiger partial charge in [0, 0.05) is 17.8 Å². The van der Waals surface area contributed by atoms with Crippen LogP contribution in [0.5, 0.6) is 0 Å². The third kappa shape index (κ3) is 3.27. The number of anilines is 1. The normalized spacial score (nSPS) is 10.9. The first-order valence-corrected chi connectivity index (χ1v) is 8.69. The minimum Gasteiger partial charge on any atom is -0.305 e. The smallest absolute Gasteiger partial charge is 0.257 e. The van der Waals surface area contributed by atoms with Crippen LogP contribution in [0.4, 0.5) is 5.82 Å². The quantitative estimate of drug-likeness (QED) is 0.604. The number of hydrogen-bond acceptors (Lipinski definition) is 5. The summed E-state index contributed by atoms with van der Waals surface area (Å²) >= 11 is 0. The second-order valence-electron chi connectivity index (χ2n) is 6.13. The summed E-state index contributed by atoms with van der Waals surface area (Å²) in [5, 5.41) is 16.1. The summed E-state index contributed by atoms with van der Waals surface area (Å²) in [5.74, 6) is 0.132. The van der Waals surface area contributed by atoms with Crippen LogP contribution in [0.2, 0.25) is 0 Å². The van der Waals surface area contributed by atoms with E-state index in [4.69, 9.17) is 0 Å². The van der Waals surface area contributed by atoms with E-state index >= 15 is 0 Å². The number of carbonyl (C=O) groups is 1. The zero-order chi connectivity index (χ0) is 18.8. The first-order valence-electron chi connectivity index (χ1n) is 8.69. The number of nitrogens with zero attached hydrogens (tertiary/aromatic N) is 5. The molecule has 4 rings (SSSR count). The second kappa shape index (κ2) is 6.95. The summed E-state index contributed by atoms with van der Waals surface area (Å²) in [4.78, 5) is 17.3. The lowest BCUT2D eigenvalue weighted by Gasteiger charge is -2.07. The van der Waals surface area contributed by atoms with Crippen LogP contribution in [0.25, 0.3) is 22.3 Å². The molecule has 3 heterocycles. The van der Waals surface area contributed by atoms with Gasteiger partial charge in [0.2, 0.25) is 0 Å². The predicted molar refractivity (Wildman–Crippen MR) is 103 cm³/mol. The van der Waals surface area contributed by atoms with Crippen LogP contribution in [0.1, 0.15) is 23.0 Å². The Hall–Kier alpha value is -3.61. The van der Waals surface area contributed by atoms with Gasteiger partial charge in [-0.2, -0.15) is 5.10 Å². The van der Waals surface area contributed by atoms with Crippen molar-refractivity contribution in [2.75, 3.05) is 5.32 Å². The lowest BCUT2D eigenvalue weighted by molar-refractivity contribution is 0.102. The number of aryl methyl sites for hydroxylation is 2. The number of pyridine rings is 1. The first-order chi connectivity index (χ1) is 13.2. The van der Waals surface area contributed by atoms with Crippen LogP contribution in [0.15, 0.2) is 54.7 Å². The van der Waals surface area contributed by atoms with Gasteiger partial charge in [0.25, 0.3) is 5.91 Å². The van der Waals surface area contributed by atoms with E-state index in [9.17, 15) is 4.79 Å². The van der Waals surface area contributed by atoms with Gasteiger partial charge in [-0.25, -0.2) is 9.67 Å². The van der Waals surface area contributed by atoms with E-state index in [2.05, 4.69) is 25.6 Å². The van der Waals surface area contributed by atoms with Crippen LogP contribution in [-0.4, -0.2) is 30.9 Å². The van der Waals surface area contributed by atoms with Crippen LogP contribution in [0.3, 0.4) is 0 Å². The van der Waals surface area contributed by atoms with Crippen molar-refractivity contribution in [3.63, 3.8) is 0 Å². The summed E-state index contributed by atoms with van der Waals surface area (Å²) in [6.07, 6.45) is 1.67. The Morgan fingerprint density at radius 3 is 2.63 bits per heavy atom. The van der Waals surface area contributed by atoms with Crippen molar-refractivity contribution in [3.8, 4) is 11.3 Å². The Bertz CT molecular complexity index is 1100. The molecule has 3 aromatic heterocycles. The molecule has 0 saturated carbocycles. The van der Waals surface area contributed by atoms with Gasteiger partial charge in [-0.3, -0.25) is 4.79 Å². The maximum Gasteiger partial charge on any atom is 0.257 e. The van der Waals surface area contributed by atoms with Gasteiger partial charge in [-0.1, -0.05) is 30.3 Å². The number of rotatable bonds is 4. The molecule has 4 aromatic rings. The molecule has 1 N–H and O–H groups in total. The number of aromatic nitrogens is 5. The molecule has 0 bridgehead atoms. The Kier molecular flexibility index (Phi) is 4.33. The molecule has 1 aromatic carbocycles. The molecular formula is C20H18N6O. The Morgan fingerprint density at radius 2 is 1.93 bits per heavy atom. The molecule has 0 saturated heterocycles. The highest BCUT2D eigenvalue weighted by Gasteiger charge is 2.16. The molecule has 0 radical (unpaired) electrons. The Balaban J connectivity index is 1.61. The summed E-state index contributed by atoms with van der Waals surface area (Å²) < 4.78 is 1.77. The Labute approximate surface area is 156 Å². The van der Waals surface area contributed by atoms with Crippen LogP contribution < -0.4 is 5.32 Å². The van der Waals surface area contributed by atoms with Gasteiger partial charge in [0.15, 0.2) is 11.5 Å². The molecule has 0 unspecified atom stereocenters. The molecule has 0 aliphatic rings. The molecule has 0 atom stereocenters. The zero-order valence-corrected chi connectivity index (χ0v) is 15.0. The summed E-state index contributed by atoms with van der Waals surface area (Å²) in [7, 11) is 0. The molecule has 134 valence electrons. The molecule has 1 amide bonds. The largest absolute Gasteiger partial charge is 0.305 e. The van der Waals surface area contributed by atoms with Crippen LogP contribution in [-0.2, 0) is 6.54 Å². The van der Waals surface area contributed by atoms with E-state index in [1.54, 1.807) is 23.0 Å². The number of amides is 1. The molecule has 0 aliphatic carbocycles. The third-order valence-electron chi connectivity index (χ3n) is 4.26. The van der Waals surface area contributed by atoms with E-state index in [-0.39, 0.29) is 5.91 Å². The maximum absolute atomic E-state index is 12.8. The molecule has 7 heteroatoms. The zero-order valence-electron chi connectivity index (χ0n) is 15.0. The van der Waals surface area contributed by atoms with Crippen molar-refractivity contribution < 1.29 is 4.79 Å². The first kappa shape index (κ1) is 16.8. The van der Waals surface area contributed by atoms with Crippen molar-refractivity contribution >= 4 is 22.8 Å². The predicted octanol–water partition coefficient (Wildman–Crippen LogP) is 3.47. The van der Waals surface area contributed by atoms with Crippen molar-refractivity contribution in [1.82, 2.24) is 25.0 Å². The molecular weight excluding hydrogens is 340 g/mol. The monoisotopic (exact) mass is 358 g/mol. The molecule has 0 aliphatic heterocycles. The summed E-state index contributed by atoms with van der Waals surface area (Å²) in [5.41, 5.74) is 3.70. The standard InChI is InChI=1S/C20H18N6O/c1-3-26-19-16(12-21-26)15(11-13(2)22-19)20(27)23-18-10-9-17(24-25-18)14-7-5-4-6-8-14/h4-12H,3H2,1-2H3,(H,23,25,27). The average Bonchev–Trinajstić information content (AvgIpc) is 3.11. The minimum absolute atomic E-state index is 0.261. The van der Waals surface area contributed by atoms with Gasteiger partial charge in [-0.05, 0) is 32.0 Å². The van der Waals surface area contributed by atoms with E-state index < -0.39 is 0 Å². The molecule has 27 heavy (non-hydrogen) atoms. The highest BCUT2D eigenvalue weighted by Crippen LogP contribution is 2.20.